The van der Waals surface area contributed by atoms with Crippen LogP contribution in [0.2, 0.25) is 0 Å². The molecule has 3 aliphatic rings. The molecule has 7 atom stereocenters. The lowest BCUT2D eigenvalue weighted by Gasteiger charge is -2.46. The van der Waals surface area contributed by atoms with E-state index in [0.717, 1.165) is 5.56 Å². The molecule has 304 valence electrons. The summed E-state index contributed by atoms with van der Waals surface area (Å²) in [5.74, 6) is 3.01. The van der Waals surface area contributed by atoms with Crippen LogP contribution >= 0.6 is 0 Å². The second-order valence-electron chi connectivity index (χ2n) is 14.8. The number of anilines is 1. The standard InChI is InChI=1S/C47H43N5O8/c48-46(58)49-23-11-12-29-21-22-36-35(26-29)47(45(57)51-36)38(43(55)50-28-37(54)30-13-4-1-5-14-30)40-44(56)60-41(32-17-8-3-9-18-32)39(31-15-6-2-7-16-31)52(40)42(47)33-19-10-20-34(27-33)59-25-24-53/h1-10,13-22,26-27,37-42,53-54H,23-25,28H2,(H,50,55)(H,51,57)(H3,48,49,58)/t37-,38-,39-,40-,41+,42+,47-/m0/s1. The number of carbonyl (C=O) groups excluding carboxylic acids is 4. The number of nitrogens with one attached hydrogen (secondary N) is 3. The van der Waals surface area contributed by atoms with Gasteiger partial charge in [0.25, 0.3) is 0 Å². The van der Waals surface area contributed by atoms with Crippen molar-refractivity contribution < 1.29 is 38.9 Å². The first-order chi connectivity index (χ1) is 29.2. The third kappa shape index (κ3) is 7.32. The molecule has 1 spiro atoms. The smallest absolute Gasteiger partial charge is 0.324 e. The number of nitrogens with zero attached hydrogens (tertiary/aromatic N) is 1. The molecule has 0 saturated carbocycles. The molecule has 0 aromatic heterocycles. The molecule has 8 rings (SSSR count). The Hall–Kier alpha value is -6.98. The Morgan fingerprint density at radius 2 is 1.53 bits per heavy atom. The Morgan fingerprint density at radius 3 is 2.23 bits per heavy atom. The number of morpholine rings is 1. The largest absolute Gasteiger partial charge is 0.491 e. The Kier molecular flexibility index (Phi) is 11.3. The lowest BCUT2D eigenvalue weighted by Crippen LogP contribution is -2.55. The third-order valence-electron chi connectivity index (χ3n) is 11.4. The summed E-state index contributed by atoms with van der Waals surface area (Å²) in [5.41, 5.74) is 7.37. The minimum Gasteiger partial charge on any atom is -0.491 e. The Bertz CT molecular complexity index is 2460. The summed E-state index contributed by atoms with van der Waals surface area (Å²) in [6.45, 7) is -0.481. The highest BCUT2D eigenvalue weighted by Crippen LogP contribution is 2.65. The van der Waals surface area contributed by atoms with Gasteiger partial charge in [-0.25, -0.2) is 4.79 Å². The normalized spacial score (nSPS) is 23.3. The zero-order valence-corrected chi connectivity index (χ0v) is 32.4. The van der Waals surface area contributed by atoms with Crippen LogP contribution in [0.25, 0.3) is 0 Å². The molecule has 5 aromatic carbocycles. The minimum atomic E-state index is -1.82. The van der Waals surface area contributed by atoms with Gasteiger partial charge in [-0.1, -0.05) is 115 Å². The van der Waals surface area contributed by atoms with Crippen LogP contribution in [0.1, 0.15) is 57.7 Å². The van der Waals surface area contributed by atoms with Gasteiger partial charge in [0.05, 0.1) is 37.3 Å². The van der Waals surface area contributed by atoms with Gasteiger partial charge in [0.2, 0.25) is 11.8 Å². The van der Waals surface area contributed by atoms with Crippen molar-refractivity contribution in [1.29, 1.82) is 0 Å². The number of urea groups is 1. The summed E-state index contributed by atoms with van der Waals surface area (Å²) in [6, 6.07) is 36.2. The number of aliphatic hydroxyl groups is 2. The molecule has 7 N–H and O–H groups in total. The Morgan fingerprint density at radius 1 is 0.850 bits per heavy atom. The number of esters is 1. The molecule has 0 aliphatic carbocycles. The highest BCUT2D eigenvalue weighted by molar-refractivity contribution is 6.12. The number of aliphatic hydroxyl groups excluding tert-OH is 2. The van der Waals surface area contributed by atoms with E-state index < -0.39 is 65.5 Å². The fourth-order valence-corrected chi connectivity index (χ4v) is 8.99. The van der Waals surface area contributed by atoms with Crippen molar-refractivity contribution in [3.05, 3.63) is 167 Å². The van der Waals surface area contributed by atoms with Crippen LogP contribution in [-0.4, -0.2) is 71.3 Å². The number of carbonyl (C=O) groups is 4. The first kappa shape index (κ1) is 39.8. The molecule has 60 heavy (non-hydrogen) atoms. The highest BCUT2D eigenvalue weighted by atomic mass is 16.6. The maximum atomic E-state index is 15.4. The topological polar surface area (TPSA) is 193 Å². The molecule has 3 heterocycles. The fraction of sp³-hybridized carbons (Fsp3) is 0.234. The van der Waals surface area contributed by atoms with Gasteiger partial charge in [-0.2, -0.15) is 0 Å². The summed E-state index contributed by atoms with van der Waals surface area (Å²) in [7, 11) is 0. The number of primary amides is 1. The number of fused-ring (bicyclic) bond motifs is 3. The summed E-state index contributed by atoms with van der Waals surface area (Å²) >= 11 is 0. The first-order valence-electron chi connectivity index (χ1n) is 19.6. The predicted octanol–water partition coefficient (Wildman–Crippen LogP) is 4.20. The monoisotopic (exact) mass is 805 g/mol. The van der Waals surface area contributed by atoms with Gasteiger partial charge in [0.15, 0.2) is 0 Å². The number of amides is 4. The fourth-order valence-electron chi connectivity index (χ4n) is 8.99. The molecule has 2 saturated heterocycles. The predicted molar refractivity (Wildman–Crippen MR) is 221 cm³/mol. The second-order valence-corrected chi connectivity index (χ2v) is 14.8. The van der Waals surface area contributed by atoms with Gasteiger partial charge in [-0.15, -0.1) is 0 Å². The molecular weight excluding hydrogens is 763 g/mol. The Balaban J connectivity index is 1.38. The van der Waals surface area contributed by atoms with E-state index in [4.69, 9.17) is 15.2 Å². The van der Waals surface area contributed by atoms with Crippen molar-refractivity contribution in [1.82, 2.24) is 15.5 Å². The average molecular weight is 806 g/mol. The van der Waals surface area contributed by atoms with E-state index in [1.807, 2.05) is 77.7 Å². The number of rotatable bonds is 11. The molecule has 2 fully saturated rings. The van der Waals surface area contributed by atoms with Crippen molar-refractivity contribution in [3.63, 3.8) is 0 Å². The van der Waals surface area contributed by atoms with E-state index >= 15 is 14.4 Å². The van der Waals surface area contributed by atoms with Crippen LogP contribution in [0.15, 0.2) is 133 Å². The number of cyclic esters (lactones) is 1. The van der Waals surface area contributed by atoms with E-state index in [1.165, 1.54) is 0 Å². The van der Waals surface area contributed by atoms with Crippen molar-refractivity contribution in [2.45, 2.75) is 35.7 Å². The van der Waals surface area contributed by atoms with E-state index in [2.05, 4.69) is 27.8 Å². The van der Waals surface area contributed by atoms with Crippen LogP contribution in [0, 0.1) is 17.8 Å². The van der Waals surface area contributed by atoms with Crippen LogP contribution in [0.3, 0.4) is 0 Å². The maximum absolute atomic E-state index is 15.4. The van der Waals surface area contributed by atoms with Gasteiger partial charge in [0, 0.05) is 17.8 Å². The molecule has 13 heteroatoms. The number of hydrogen-bond donors (Lipinski definition) is 6. The number of benzene rings is 5. The summed E-state index contributed by atoms with van der Waals surface area (Å²) in [6.07, 6.45) is -1.97. The van der Waals surface area contributed by atoms with E-state index in [0.29, 0.717) is 39.3 Å². The van der Waals surface area contributed by atoms with Crippen LogP contribution in [-0.2, 0) is 24.5 Å². The zero-order valence-electron chi connectivity index (χ0n) is 32.4. The third-order valence-corrected chi connectivity index (χ3v) is 11.4. The quantitative estimate of drug-likeness (QED) is 0.0839. The lowest BCUT2D eigenvalue weighted by atomic mass is 9.65. The molecule has 0 bridgehead atoms. The van der Waals surface area contributed by atoms with E-state index in [9.17, 15) is 15.0 Å². The summed E-state index contributed by atoms with van der Waals surface area (Å²) in [5, 5.41) is 29.3. The molecule has 5 aromatic rings. The Labute approximate surface area is 346 Å². The number of ether oxygens (including phenoxy) is 2. The molecule has 0 radical (unpaired) electrons. The van der Waals surface area contributed by atoms with Crippen molar-refractivity contribution >= 4 is 29.5 Å². The summed E-state index contributed by atoms with van der Waals surface area (Å²) < 4.78 is 12.4. The van der Waals surface area contributed by atoms with Crippen LogP contribution < -0.4 is 26.4 Å². The van der Waals surface area contributed by atoms with Crippen LogP contribution in [0.4, 0.5) is 10.5 Å². The van der Waals surface area contributed by atoms with Crippen LogP contribution in [0.5, 0.6) is 5.75 Å². The molecular formula is C47H43N5O8. The van der Waals surface area contributed by atoms with Gasteiger partial charge < -0.3 is 41.4 Å². The number of nitrogens with two attached hydrogens (primary N) is 1. The molecule has 4 amide bonds. The van der Waals surface area contributed by atoms with Gasteiger partial charge >= 0.3 is 12.0 Å². The number of hydrogen-bond acceptors (Lipinski definition) is 9. The van der Waals surface area contributed by atoms with Crippen molar-refractivity contribution in [2.75, 3.05) is 31.6 Å². The second kappa shape index (κ2) is 17.1. The molecule has 13 nitrogen and oxygen atoms in total. The zero-order chi connectivity index (χ0) is 41.8. The average Bonchev–Trinajstić information content (AvgIpc) is 3.75. The van der Waals surface area contributed by atoms with Crippen molar-refractivity contribution in [3.8, 4) is 17.6 Å². The first-order valence-corrected chi connectivity index (χ1v) is 19.6. The highest BCUT2D eigenvalue weighted by Gasteiger charge is 2.74. The SMILES string of the molecule is NC(=O)NCC#Cc1ccc2c(c1)[C@]1(C(=O)N2)[C@H](C(=O)NC[C@H](O)c2ccccc2)[C@H]2C(=O)O[C@H](c3ccccc3)[C@H](c3ccccc3)N2[C@@H]1c1cccc(OCCO)c1. The minimum absolute atomic E-state index is 0.00534. The van der Waals surface area contributed by atoms with E-state index in [1.54, 1.807) is 60.7 Å². The van der Waals surface area contributed by atoms with Gasteiger partial charge in [0.1, 0.15) is 29.9 Å². The van der Waals surface area contributed by atoms with Gasteiger partial charge in [-0.05, 0) is 58.1 Å². The lowest BCUT2D eigenvalue weighted by molar-refractivity contribution is -0.178. The van der Waals surface area contributed by atoms with Crippen molar-refractivity contribution in [2.24, 2.45) is 11.7 Å². The van der Waals surface area contributed by atoms with Gasteiger partial charge in [-0.3, -0.25) is 19.3 Å². The summed E-state index contributed by atoms with van der Waals surface area (Å²) in [4.78, 5) is 59.0. The molecule has 0 unspecified atom stereocenters. The molecule has 3 aliphatic heterocycles. The maximum Gasteiger partial charge on any atom is 0.324 e. The van der Waals surface area contributed by atoms with E-state index in [-0.39, 0.29) is 26.3 Å².